The Labute approximate surface area is 196 Å². The van der Waals surface area contributed by atoms with Gasteiger partial charge in [-0.05, 0) is 61.5 Å². The second kappa shape index (κ2) is 9.79. The molecule has 3 aliphatic heterocycles. The molecule has 5 rings (SSSR count). The first-order valence-corrected chi connectivity index (χ1v) is 12.4. The molecule has 2 unspecified atom stereocenters. The molecule has 176 valence electrons. The quantitative estimate of drug-likeness (QED) is 0.541. The lowest BCUT2D eigenvalue weighted by Crippen LogP contribution is -2.52. The van der Waals surface area contributed by atoms with Crippen LogP contribution in [0.5, 0.6) is 0 Å². The molecule has 33 heavy (non-hydrogen) atoms. The number of benzene rings is 1. The van der Waals surface area contributed by atoms with Crippen LogP contribution in [0, 0.1) is 0 Å². The molecule has 1 fully saturated rings. The van der Waals surface area contributed by atoms with E-state index < -0.39 is 6.10 Å². The number of aromatic nitrogens is 1. The van der Waals surface area contributed by atoms with Gasteiger partial charge in [-0.15, -0.1) is 0 Å². The number of carbonyl (C=O) groups is 1. The Morgan fingerprint density at radius 1 is 1.24 bits per heavy atom. The van der Waals surface area contributed by atoms with Crippen LogP contribution in [-0.2, 0) is 13.0 Å². The second-order valence-electron chi connectivity index (χ2n) is 9.67. The van der Waals surface area contributed by atoms with E-state index in [0.29, 0.717) is 19.1 Å². The summed E-state index contributed by atoms with van der Waals surface area (Å²) in [5.41, 5.74) is 4.33. The van der Waals surface area contributed by atoms with Crippen LogP contribution in [0.2, 0.25) is 0 Å². The fraction of sp³-hybridized carbons (Fsp3) is 0.538. The third-order valence-corrected chi connectivity index (χ3v) is 7.50. The fourth-order valence-electron chi connectivity index (χ4n) is 5.46. The first kappa shape index (κ1) is 22.3. The lowest BCUT2D eigenvalue weighted by molar-refractivity contribution is 0.0484. The van der Waals surface area contributed by atoms with Gasteiger partial charge >= 0.3 is 0 Å². The number of amides is 1. The van der Waals surface area contributed by atoms with Gasteiger partial charge in [0.05, 0.1) is 6.10 Å². The van der Waals surface area contributed by atoms with Crippen LogP contribution in [0.15, 0.2) is 36.5 Å². The zero-order valence-electron chi connectivity index (χ0n) is 19.4. The Morgan fingerprint density at radius 2 is 2.03 bits per heavy atom. The van der Waals surface area contributed by atoms with Crippen LogP contribution in [0.1, 0.15) is 59.2 Å². The highest BCUT2D eigenvalue weighted by atomic mass is 16.3. The number of fused-ring (bicyclic) bond motifs is 2. The van der Waals surface area contributed by atoms with Crippen molar-refractivity contribution in [2.75, 3.05) is 31.5 Å². The number of hydrogen-bond acceptors (Lipinski definition) is 6. The van der Waals surface area contributed by atoms with E-state index in [4.69, 9.17) is 0 Å². The highest BCUT2D eigenvalue weighted by Crippen LogP contribution is 2.32. The van der Waals surface area contributed by atoms with Gasteiger partial charge in [0.1, 0.15) is 5.82 Å². The summed E-state index contributed by atoms with van der Waals surface area (Å²) in [6, 6.07) is 10.6. The van der Waals surface area contributed by atoms with Crippen molar-refractivity contribution in [2.45, 2.75) is 63.3 Å². The van der Waals surface area contributed by atoms with Gasteiger partial charge < -0.3 is 26.0 Å². The van der Waals surface area contributed by atoms with E-state index in [2.05, 4.69) is 46.1 Å². The maximum absolute atomic E-state index is 13.5. The summed E-state index contributed by atoms with van der Waals surface area (Å²) in [6.45, 7) is 5.89. The Bertz CT molecular complexity index is 990. The number of β-amino-alcohol motifs (C(OH)–C–C–N with tert-alkyl or cyclic N) is 1. The van der Waals surface area contributed by atoms with Crippen LogP contribution in [0.25, 0.3) is 0 Å². The minimum atomic E-state index is -0.615. The van der Waals surface area contributed by atoms with Gasteiger partial charge in [0, 0.05) is 49.4 Å². The molecule has 0 bridgehead atoms. The second-order valence-corrected chi connectivity index (χ2v) is 9.67. The maximum Gasteiger partial charge on any atom is 0.254 e. The molecule has 3 atom stereocenters. The summed E-state index contributed by atoms with van der Waals surface area (Å²) < 4.78 is 0. The third kappa shape index (κ3) is 4.76. The van der Waals surface area contributed by atoms with E-state index >= 15 is 0 Å². The van der Waals surface area contributed by atoms with E-state index in [-0.39, 0.29) is 17.9 Å². The summed E-state index contributed by atoms with van der Waals surface area (Å²) >= 11 is 0. The Hall–Kier alpha value is -2.48. The lowest BCUT2D eigenvalue weighted by atomic mass is 9.88. The van der Waals surface area contributed by atoms with Crippen molar-refractivity contribution < 1.29 is 9.90 Å². The van der Waals surface area contributed by atoms with Gasteiger partial charge in [-0.1, -0.05) is 31.2 Å². The van der Waals surface area contributed by atoms with E-state index in [1.54, 1.807) is 0 Å². The van der Waals surface area contributed by atoms with E-state index in [0.717, 1.165) is 62.3 Å². The molecule has 1 saturated heterocycles. The van der Waals surface area contributed by atoms with Gasteiger partial charge in [0.25, 0.3) is 5.91 Å². The number of rotatable bonds is 6. The third-order valence-electron chi connectivity index (χ3n) is 7.50. The zero-order valence-corrected chi connectivity index (χ0v) is 19.4. The molecule has 1 aromatic carbocycles. The molecular weight excluding hydrogens is 414 g/mol. The minimum Gasteiger partial charge on any atom is -0.390 e. The molecule has 1 aromatic heterocycles. The monoisotopic (exact) mass is 449 g/mol. The van der Waals surface area contributed by atoms with Crippen LogP contribution < -0.4 is 16.0 Å². The van der Waals surface area contributed by atoms with Crippen molar-refractivity contribution in [2.24, 2.45) is 0 Å². The fourth-order valence-corrected chi connectivity index (χ4v) is 5.46. The number of aliphatic hydroxyl groups excluding tert-OH is 1. The van der Waals surface area contributed by atoms with E-state index in [1.807, 2.05) is 23.2 Å². The number of anilines is 1. The molecule has 0 saturated carbocycles. The van der Waals surface area contributed by atoms with E-state index in [9.17, 15) is 9.90 Å². The lowest BCUT2D eigenvalue weighted by Gasteiger charge is -2.37. The van der Waals surface area contributed by atoms with Crippen molar-refractivity contribution in [3.05, 3.63) is 58.8 Å². The van der Waals surface area contributed by atoms with Crippen molar-refractivity contribution >= 4 is 11.7 Å². The molecule has 7 nitrogen and oxygen atoms in total. The SMILES string of the molecule is CCC1CN(CC(O)[C@@H]2Cc3ccccc3CN2)C(=O)c2cc(NC3CCNCC3)ncc21. The molecule has 0 radical (unpaired) electrons. The normalized spacial score (nSPS) is 24.2. The van der Waals surface area contributed by atoms with Gasteiger partial charge in [-0.3, -0.25) is 4.79 Å². The Morgan fingerprint density at radius 3 is 2.82 bits per heavy atom. The smallest absolute Gasteiger partial charge is 0.254 e. The summed E-state index contributed by atoms with van der Waals surface area (Å²) in [7, 11) is 0. The number of carbonyl (C=O) groups excluding carboxylic acids is 1. The summed E-state index contributed by atoms with van der Waals surface area (Å²) in [4.78, 5) is 20.0. The predicted molar refractivity (Wildman–Crippen MR) is 129 cm³/mol. The van der Waals surface area contributed by atoms with Gasteiger partial charge in [-0.2, -0.15) is 0 Å². The van der Waals surface area contributed by atoms with Crippen molar-refractivity contribution in [1.82, 2.24) is 20.5 Å². The summed E-state index contributed by atoms with van der Waals surface area (Å²) in [5.74, 6) is 1.02. The average molecular weight is 450 g/mol. The topological polar surface area (TPSA) is 89.5 Å². The highest BCUT2D eigenvalue weighted by molar-refractivity contribution is 5.97. The average Bonchev–Trinajstić information content (AvgIpc) is 2.86. The standard InChI is InChI=1S/C26H35N5O2/c1-2-17-15-31(16-24(32)23-11-18-5-3-4-6-19(18)13-28-23)26(33)21-12-25(29-14-22(17)21)30-20-7-9-27-10-8-20/h3-6,12,14,17,20,23-24,27-28,32H,2,7-11,13,15-16H2,1H3,(H,29,30)/t17?,23-,24?/m0/s1. The molecule has 7 heteroatoms. The highest BCUT2D eigenvalue weighted by Gasteiger charge is 2.34. The molecule has 4 heterocycles. The number of pyridine rings is 1. The van der Waals surface area contributed by atoms with Crippen molar-refractivity contribution in [3.8, 4) is 0 Å². The molecule has 0 spiro atoms. The number of piperidine rings is 1. The molecular formula is C26H35N5O2. The molecule has 2 aromatic rings. The number of nitrogens with one attached hydrogen (secondary N) is 3. The van der Waals surface area contributed by atoms with Crippen LogP contribution in [-0.4, -0.2) is 65.3 Å². The van der Waals surface area contributed by atoms with Crippen LogP contribution >= 0.6 is 0 Å². The first-order chi connectivity index (χ1) is 16.1. The van der Waals surface area contributed by atoms with Gasteiger partial charge in [-0.25, -0.2) is 4.98 Å². The molecule has 4 N–H and O–H groups in total. The van der Waals surface area contributed by atoms with Crippen LogP contribution in [0.4, 0.5) is 5.82 Å². The number of hydrogen-bond donors (Lipinski definition) is 4. The molecule has 1 amide bonds. The first-order valence-electron chi connectivity index (χ1n) is 12.4. The van der Waals surface area contributed by atoms with Crippen LogP contribution in [0.3, 0.4) is 0 Å². The maximum atomic E-state index is 13.5. The predicted octanol–water partition coefficient (Wildman–Crippen LogP) is 2.27. The zero-order chi connectivity index (χ0) is 22.8. The Balaban J connectivity index is 1.30. The van der Waals surface area contributed by atoms with E-state index in [1.165, 1.54) is 11.1 Å². The van der Waals surface area contributed by atoms with Gasteiger partial charge in [0.2, 0.25) is 0 Å². The minimum absolute atomic E-state index is 0.000667. The molecule has 0 aliphatic carbocycles. The van der Waals surface area contributed by atoms with Gasteiger partial charge in [0.15, 0.2) is 0 Å². The summed E-state index contributed by atoms with van der Waals surface area (Å²) in [6.07, 6.45) is 5.10. The number of aliphatic hydroxyl groups is 1. The summed E-state index contributed by atoms with van der Waals surface area (Å²) in [5, 5.41) is 21.4. The number of nitrogens with zero attached hydrogens (tertiary/aromatic N) is 2. The van der Waals surface area contributed by atoms with Crippen molar-refractivity contribution in [1.29, 1.82) is 0 Å². The molecule has 3 aliphatic rings. The largest absolute Gasteiger partial charge is 0.390 e. The van der Waals surface area contributed by atoms with Crippen molar-refractivity contribution in [3.63, 3.8) is 0 Å². The Kier molecular flexibility index (Phi) is 6.62.